The molecule has 6 N–H and O–H groups in total. The maximum Gasteiger partial charge on any atom is 0.573 e. The zero-order valence-electron chi connectivity index (χ0n) is 44.0. The number of benzene rings is 6. The maximum absolute atomic E-state index is 13.0. The predicted octanol–water partition coefficient (Wildman–Crippen LogP) is 9.08. The van der Waals surface area contributed by atoms with Crippen molar-refractivity contribution in [1.29, 1.82) is 0 Å². The molecule has 1 fully saturated rings. The molecule has 6 amide bonds. The number of hydrogen-bond acceptors (Lipinski definition) is 10. The van der Waals surface area contributed by atoms with Crippen LogP contribution in [0.1, 0.15) is 88.3 Å². The minimum atomic E-state index is -4.78. The molecule has 6 aromatic rings. The third kappa shape index (κ3) is 22.7. The Morgan fingerprint density at radius 2 is 0.825 bits per heavy atom. The van der Waals surface area contributed by atoms with Gasteiger partial charge in [0.05, 0.1) is 6.26 Å². The molecule has 1 saturated carbocycles. The molecule has 0 saturated heterocycles. The van der Waals surface area contributed by atoms with Crippen LogP contribution in [0.4, 0.5) is 17.6 Å². The topological polar surface area (TPSA) is 227 Å². The van der Waals surface area contributed by atoms with Crippen LogP contribution in [0.2, 0.25) is 0 Å². The van der Waals surface area contributed by atoms with E-state index in [1.54, 1.807) is 103 Å². The first-order chi connectivity index (χ1) is 37.9. The van der Waals surface area contributed by atoms with E-state index in [-0.39, 0.29) is 58.4 Å². The largest absolute Gasteiger partial charge is 0.573 e. The summed E-state index contributed by atoms with van der Waals surface area (Å²) < 4.78 is 80.7. The average molecular weight is 1120 g/mol. The smallest absolute Gasteiger partial charge is 0.406 e. The van der Waals surface area contributed by atoms with Crippen molar-refractivity contribution in [3.8, 4) is 11.5 Å². The summed E-state index contributed by atoms with van der Waals surface area (Å²) in [6.45, 7) is 7.27. The molecular weight excluding hydrogens is 1060 g/mol. The number of rotatable bonds is 18. The molecule has 1 aliphatic carbocycles. The highest BCUT2D eigenvalue weighted by Gasteiger charge is 2.31. The van der Waals surface area contributed by atoms with Crippen molar-refractivity contribution in [1.82, 2.24) is 31.9 Å². The van der Waals surface area contributed by atoms with Gasteiger partial charge in [-0.15, -0.1) is 13.2 Å². The summed E-state index contributed by atoms with van der Waals surface area (Å²) in [6, 6.07) is 42.1. The number of carbonyl (C=O) groups excluding carboxylic acids is 6. The van der Waals surface area contributed by atoms with Gasteiger partial charge in [-0.2, -0.15) is 8.42 Å². The fourth-order valence-electron chi connectivity index (χ4n) is 6.62. The monoisotopic (exact) mass is 1120 g/mol. The van der Waals surface area contributed by atoms with Gasteiger partial charge in [-0.25, -0.2) is 4.39 Å². The second-order valence-electron chi connectivity index (χ2n) is 18.2. The van der Waals surface area contributed by atoms with Gasteiger partial charge in [-0.05, 0) is 148 Å². The van der Waals surface area contributed by atoms with E-state index in [1.807, 2.05) is 27.7 Å². The van der Waals surface area contributed by atoms with Crippen LogP contribution in [0.25, 0.3) is 18.2 Å². The summed E-state index contributed by atoms with van der Waals surface area (Å²) in [5.74, 6) is -3.14. The van der Waals surface area contributed by atoms with E-state index in [2.05, 4.69) is 36.6 Å². The number of halogens is 4. The van der Waals surface area contributed by atoms with Gasteiger partial charge in [-0.3, -0.25) is 28.8 Å². The lowest BCUT2D eigenvalue weighted by Crippen LogP contribution is -2.38. The van der Waals surface area contributed by atoms with E-state index in [0.29, 0.717) is 33.4 Å². The van der Waals surface area contributed by atoms with Gasteiger partial charge < -0.3 is 40.8 Å². The van der Waals surface area contributed by atoms with E-state index in [1.165, 1.54) is 66.8 Å². The Kier molecular flexibility index (Phi) is 22.6. The average Bonchev–Trinajstić information content (AvgIpc) is 4.23. The SMILES string of the molecule is CC(C)NC(=O)C(=Cc1ccc(F)cc1)NC(=O)c1ccccc1.CC(C)NC(=O)C(=Cc1ccc(OS(C)(=O)=O)cc1)NC(=O)c1ccccc1.O=C(NC1CC1)C(=Cc1ccc(OC(F)(F)F)cc1)NC(=O)c1ccccc1. The minimum absolute atomic E-state index is 0.00485. The maximum atomic E-state index is 13.0. The molecule has 16 nitrogen and oxygen atoms in total. The van der Waals surface area contributed by atoms with Gasteiger partial charge in [0, 0.05) is 34.8 Å². The predicted molar refractivity (Wildman–Crippen MR) is 295 cm³/mol. The van der Waals surface area contributed by atoms with Crippen LogP contribution in [0.3, 0.4) is 0 Å². The van der Waals surface area contributed by atoms with E-state index < -0.39 is 46.0 Å². The van der Waals surface area contributed by atoms with Crippen molar-refractivity contribution >= 4 is 63.8 Å². The Labute approximate surface area is 460 Å². The van der Waals surface area contributed by atoms with Gasteiger partial charge in [0.1, 0.15) is 34.4 Å². The fourth-order valence-corrected chi connectivity index (χ4v) is 7.08. The number of ether oxygens (including phenoxy) is 1. The first-order valence-electron chi connectivity index (χ1n) is 24.7. The first-order valence-corrected chi connectivity index (χ1v) is 26.5. The Balaban J connectivity index is 0.000000221. The van der Waals surface area contributed by atoms with E-state index in [0.717, 1.165) is 31.2 Å². The zero-order valence-corrected chi connectivity index (χ0v) is 44.8. The number of amides is 6. The molecule has 418 valence electrons. The van der Waals surface area contributed by atoms with E-state index >= 15 is 0 Å². The third-order valence-electron chi connectivity index (χ3n) is 10.4. The summed E-state index contributed by atoms with van der Waals surface area (Å²) in [5.41, 5.74) is 3.04. The Morgan fingerprint density at radius 3 is 1.14 bits per heavy atom. The number of carbonyl (C=O) groups is 6. The number of nitrogens with one attached hydrogen (secondary N) is 6. The second-order valence-corrected chi connectivity index (χ2v) is 19.7. The Morgan fingerprint density at radius 1 is 0.500 bits per heavy atom. The van der Waals surface area contributed by atoms with Crippen LogP contribution >= 0.6 is 0 Å². The normalized spacial score (nSPS) is 12.5. The molecule has 0 heterocycles. The zero-order chi connectivity index (χ0) is 58.4. The summed E-state index contributed by atoms with van der Waals surface area (Å²) in [5, 5.41) is 16.1. The second kappa shape index (κ2) is 29.4. The molecule has 6 aromatic carbocycles. The van der Waals surface area contributed by atoms with Crippen LogP contribution in [-0.2, 0) is 24.5 Å². The molecular formula is C59H58F4N6O10S. The third-order valence-corrected chi connectivity index (χ3v) is 10.9. The standard InChI is InChI=1S/C20H17F3N2O3.C20H22N2O5S.C19H19FN2O2/c21-20(22,23)28-16-10-6-13(7-11-16)12-17(19(27)24-15-8-9-15)25-18(26)14-4-2-1-3-5-14;1-14(2)21-20(24)18(22-19(23)16-7-5-4-6-8-16)13-15-9-11-17(12-10-15)27-28(3,25)26;1-13(2)21-19(24)17(12-14-8-10-16(20)11-9-14)22-18(23)15-6-4-3-5-7-15/h1-7,10-12,15H,8-9H2,(H,24,27)(H,25,26);4-14H,1-3H3,(H,21,24)(H,22,23);3-13H,1-2H3,(H,21,24)(H,22,23). The minimum Gasteiger partial charge on any atom is -0.406 e. The van der Waals surface area contributed by atoms with Gasteiger partial charge in [0.25, 0.3) is 35.4 Å². The van der Waals surface area contributed by atoms with E-state index in [9.17, 15) is 54.7 Å². The van der Waals surface area contributed by atoms with Crippen molar-refractivity contribution in [2.45, 2.75) is 65.0 Å². The lowest BCUT2D eigenvalue weighted by atomic mass is 10.1. The quantitative estimate of drug-likeness (QED) is 0.0272. The lowest BCUT2D eigenvalue weighted by molar-refractivity contribution is -0.274. The van der Waals surface area contributed by atoms with Crippen molar-refractivity contribution in [2.24, 2.45) is 0 Å². The number of hydrogen-bond donors (Lipinski definition) is 6. The van der Waals surface area contributed by atoms with Crippen molar-refractivity contribution in [3.63, 3.8) is 0 Å². The molecule has 0 unspecified atom stereocenters. The molecule has 7 rings (SSSR count). The van der Waals surface area contributed by atoms with Gasteiger partial charge in [0.2, 0.25) is 0 Å². The van der Waals surface area contributed by atoms with Crippen LogP contribution in [0.5, 0.6) is 11.5 Å². The van der Waals surface area contributed by atoms with Crippen molar-refractivity contribution in [3.05, 3.63) is 220 Å². The fraction of sp³-hybridized carbons (Fsp3) is 0.186. The lowest BCUT2D eigenvalue weighted by Gasteiger charge is -2.13. The molecule has 1 aliphatic rings. The molecule has 0 aliphatic heterocycles. The molecule has 21 heteroatoms. The summed E-state index contributed by atoms with van der Waals surface area (Å²) >= 11 is 0. The molecule has 0 aromatic heterocycles. The summed E-state index contributed by atoms with van der Waals surface area (Å²) in [6.07, 6.45) is 2.32. The van der Waals surface area contributed by atoms with Crippen LogP contribution < -0.4 is 40.8 Å². The molecule has 80 heavy (non-hydrogen) atoms. The highest BCUT2D eigenvalue weighted by Crippen LogP contribution is 2.24. The molecule has 0 bridgehead atoms. The molecule has 0 atom stereocenters. The highest BCUT2D eigenvalue weighted by molar-refractivity contribution is 7.86. The highest BCUT2D eigenvalue weighted by atomic mass is 32.2. The van der Waals surface area contributed by atoms with Crippen LogP contribution in [0.15, 0.2) is 181 Å². The molecule has 0 radical (unpaired) electrons. The summed E-state index contributed by atoms with van der Waals surface area (Å²) in [4.78, 5) is 74.4. The van der Waals surface area contributed by atoms with Gasteiger partial charge >= 0.3 is 16.5 Å². The number of alkyl halides is 3. The summed E-state index contributed by atoms with van der Waals surface area (Å²) in [7, 11) is -3.62. The van der Waals surface area contributed by atoms with Gasteiger partial charge in [0.15, 0.2) is 0 Å². The van der Waals surface area contributed by atoms with Crippen molar-refractivity contribution < 1.29 is 63.7 Å². The van der Waals surface area contributed by atoms with Crippen molar-refractivity contribution in [2.75, 3.05) is 6.26 Å². The van der Waals surface area contributed by atoms with Crippen LogP contribution in [-0.4, -0.2) is 74.6 Å². The van der Waals surface area contributed by atoms with Crippen LogP contribution in [0, 0.1) is 5.82 Å². The Bertz CT molecular complexity index is 3280. The molecule has 0 spiro atoms. The Hall–Kier alpha value is -9.37. The first kappa shape index (κ1) is 61.5. The van der Waals surface area contributed by atoms with Gasteiger partial charge in [-0.1, -0.05) is 91.0 Å². The van der Waals surface area contributed by atoms with E-state index in [4.69, 9.17) is 4.18 Å².